The summed E-state index contributed by atoms with van der Waals surface area (Å²) in [6, 6.07) is 3.73. The zero-order valence-electron chi connectivity index (χ0n) is 7.77. The Kier molecular flexibility index (Phi) is 3.23. The quantitative estimate of drug-likeness (QED) is 0.762. The van der Waals surface area contributed by atoms with Crippen molar-refractivity contribution in [3.8, 4) is 0 Å². The molecule has 0 spiro atoms. The topological polar surface area (TPSA) is 12.0 Å². The van der Waals surface area contributed by atoms with E-state index >= 15 is 0 Å². The van der Waals surface area contributed by atoms with Crippen LogP contribution in [0, 0.1) is 11.6 Å². The van der Waals surface area contributed by atoms with Crippen molar-refractivity contribution in [1.82, 2.24) is 0 Å². The molecule has 72 valence electrons. The summed E-state index contributed by atoms with van der Waals surface area (Å²) in [5.41, 5.74) is 0.357. The lowest BCUT2D eigenvalue weighted by Crippen LogP contribution is -2.14. The van der Waals surface area contributed by atoms with Crippen molar-refractivity contribution in [3.63, 3.8) is 0 Å². The first-order chi connectivity index (χ1) is 6.13. The maximum absolute atomic E-state index is 13.0. The number of hydrogen-bond acceptors (Lipinski definition) is 1. The first kappa shape index (κ1) is 9.96. The molecule has 13 heavy (non-hydrogen) atoms. The molecular formula is C10H13F2N. The molecule has 0 aliphatic carbocycles. The maximum atomic E-state index is 13.0. The minimum atomic E-state index is -0.549. The molecule has 1 aromatic rings. The van der Waals surface area contributed by atoms with Gasteiger partial charge in [-0.2, -0.15) is 0 Å². The standard InChI is InChI=1S/C10H13F2N/c1-3-7(2)13-10-5-4-8(11)6-9(10)12/h4-7,13H,3H2,1-2H3. The van der Waals surface area contributed by atoms with Crippen LogP contribution < -0.4 is 5.32 Å². The summed E-state index contributed by atoms with van der Waals surface area (Å²) in [6.07, 6.45) is 0.900. The lowest BCUT2D eigenvalue weighted by Gasteiger charge is -2.13. The molecule has 0 aromatic heterocycles. The van der Waals surface area contributed by atoms with E-state index in [1.807, 2.05) is 13.8 Å². The van der Waals surface area contributed by atoms with E-state index in [-0.39, 0.29) is 6.04 Å². The first-order valence-corrected chi connectivity index (χ1v) is 4.35. The summed E-state index contributed by atoms with van der Waals surface area (Å²) in [6.45, 7) is 3.95. The SMILES string of the molecule is CCC(C)Nc1ccc(F)cc1F. The number of halogens is 2. The van der Waals surface area contributed by atoms with Gasteiger partial charge in [0, 0.05) is 12.1 Å². The van der Waals surface area contributed by atoms with E-state index in [1.165, 1.54) is 12.1 Å². The molecule has 1 N–H and O–H groups in total. The zero-order chi connectivity index (χ0) is 9.84. The van der Waals surface area contributed by atoms with E-state index in [2.05, 4.69) is 5.32 Å². The Morgan fingerprint density at radius 3 is 2.62 bits per heavy atom. The number of benzene rings is 1. The molecule has 1 rings (SSSR count). The fourth-order valence-electron chi connectivity index (χ4n) is 0.974. The van der Waals surface area contributed by atoms with Crippen LogP contribution in [0.1, 0.15) is 20.3 Å². The molecular weight excluding hydrogens is 172 g/mol. The van der Waals surface area contributed by atoms with Gasteiger partial charge in [0.05, 0.1) is 5.69 Å². The van der Waals surface area contributed by atoms with E-state index in [9.17, 15) is 8.78 Å². The highest BCUT2D eigenvalue weighted by Crippen LogP contribution is 2.16. The van der Waals surface area contributed by atoms with Gasteiger partial charge in [0.15, 0.2) is 0 Å². The van der Waals surface area contributed by atoms with Crippen LogP contribution in [0.15, 0.2) is 18.2 Å². The largest absolute Gasteiger partial charge is 0.380 e. The summed E-state index contributed by atoms with van der Waals surface area (Å²) in [7, 11) is 0. The second kappa shape index (κ2) is 4.21. The normalized spacial score (nSPS) is 12.6. The Morgan fingerprint density at radius 2 is 2.08 bits per heavy atom. The third-order valence-electron chi connectivity index (χ3n) is 1.95. The van der Waals surface area contributed by atoms with Gasteiger partial charge in [-0.25, -0.2) is 8.78 Å². The molecule has 0 aliphatic rings. The third kappa shape index (κ3) is 2.68. The molecule has 1 atom stereocenters. The van der Waals surface area contributed by atoms with Gasteiger partial charge in [0.25, 0.3) is 0 Å². The van der Waals surface area contributed by atoms with Crippen molar-refractivity contribution in [2.75, 3.05) is 5.32 Å². The molecule has 0 heterocycles. The average Bonchev–Trinajstić information content (AvgIpc) is 2.09. The van der Waals surface area contributed by atoms with Crippen molar-refractivity contribution < 1.29 is 8.78 Å². The van der Waals surface area contributed by atoms with Crippen molar-refractivity contribution in [1.29, 1.82) is 0 Å². The first-order valence-electron chi connectivity index (χ1n) is 4.35. The van der Waals surface area contributed by atoms with Crippen molar-refractivity contribution in [3.05, 3.63) is 29.8 Å². The van der Waals surface area contributed by atoms with Gasteiger partial charge < -0.3 is 5.32 Å². The molecule has 1 aromatic carbocycles. The highest BCUT2D eigenvalue weighted by Gasteiger charge is 2.05. The minimum absolute atomic E-state index is 0.194. The fraction of sp³-hybridized carbons (Fsp3) is 0.400. The number of rotatable bonds is 3. The van der Waals surface area contributed by atoms with Crippen LogP contribution in [-0.2, 0) is 0 Å². The maximum Gasteiger partial charge on any atom is 0.149 e. The molecule has 0 amide bonds. The summed E-state index contributed by atoms with van der Waals surface area (Å²) in [5.74, 6) is -1.09. The van der Waals surface area contributed by atoms with E-state index < -0.39 is 11.6 Å². The van der Waals surface area contributed by atoms with Gasteiger partial charge in [-0.3, -0.25) is 0 Å². The van der Waals surface area contributed by atoms with Crippen molar-refractivity contribution >= 4 is 5.69 Å². The number of nitrogens with one attached hydrogen (secondary N) is 1. The molecule has 3 heteroatoms. The number of anilines is 1. The average molecular weight is 185 g/mol. The molecule has 0 radical (unpaired) electrons. The molecule has 0 saturated carbocycles. The molecule has 1 nitrogen and oxygen atoms in total. The third-order valence-corrected chi connectivity index (χ3v) is 1.95. The number of hydrogen-bond donors (Lipinski definition) is 1. The summed E-state index contributed by atoms with van der Waals surface area (Å²) >= 11 is 0. The molecule has 0 fully saturated rings. The molecule has 0 aliphatic heterocycles. The monoisotopic (exact) mass is 185 g/mol. The van der Waals surface area contributed by atoms with Gasteiger partial charge in [-0.15, -0.1) is 0 Å². The molecule has 0 bridgehead atoms. The van der Waals surface area contributed by atoms with Crippen LogP contribution in [-0.4, -0.2) is 6.04 Å². The highest BCUT2D eigenvalue weighted by atomic mass is 19.1. The predicted molar refractivity (Wildman–Crippen MR) is 49.7 cm³/mol. The predicted octanol–water partition coefficient (Wildman–Crippen LogP) is 3.18. The van der Waals surface area contributed by atoms with Gasteiger partial charge in [-0.05, 0) is 25.5 Å². The second-order valence-corrected chi connectivity index (χ2v) is 3.08. The Hall–Kier alpha value is -1.12. The Balaban J connectivity index is 2.77. The Labute approximate surface area is 76.8 Å². The van der Waals surface area contributed by atoms with Gasteiger partial charge in [0.2, 0.25) is 0 Å². The van der Waals surface area contributed by atoms with Crippen LogP contribution in [0.25, 0.3) is 0 Å². The fourth-order valence-corrected chi connectivity index (χ4v) is 0.974. The van der Waals surface area contributed by atoms with Crippen molar-refractivity contribution in [2.45, 2.75) is 26.3 Å². The van der Waals surface area contributed by atoms with Crippen LogP contribution >= 0.6 is 0 Å². The van der Waals surface area contributed by atoms with E-state index in [1.54, 1.807) is 0 Å². The van der Waals surface area contributed by atoms with Crippen LogP contribution in [0.3, 0.4) is 0 Å². The van der Waals surface area contributed by atoms with E-state index in [0.29, 0.717) is 5.69 Å². The summed E-state index contributed by atoms with van der Waals surface area (Å²) < 4.78 is 25.5. The zero-order valence-corrected chi connectivity index (χ0v) is 7.77. The Morgan fingerprint density at radius 1 is 1.38 bits per heavy atom. The molecule has 1 unspecified atom stereocenters. The molecule has 0 saturated heterocycles. The Bertz CT molecular complexity index is 286. The van der Waals surface area contributed by atoms with E-state index in [4.69, 9.17) is 0 Å². The highest BCUT2D eigenvalue weighted by molar-refractivity contribution is 5.45. The van der Waals surface area contributed by atoms with Gasteiger partial charge >= 0.3 is 0 Å². The van der Waals surface area contributed by atoms with Crippen LogP contribution in [0.5, 0.6) is 0 Å². The van der Waals surface area contributed by atoms with E-state index in [0.717, 1.165) is 12.5 Å². The smallest absolute Gasteiger partial charge is 0.149 e. The van der Waals surface area contributed by atoms with Crippen LogP contribution in [0.4, 0.5) is 14.5 Å². The van der Waals surface area contributed by atoms with Gasteiger partial charge in [0.1, 0.15) is 11.6 Å². The summed E-state index contributed by atoms with van der Waals surface area (Å²) in [5, 5.41) is 2.95. The lowest BCUT2D eigenvalue weighted by atomic mass is 10.2. The lowest BCUT2D eigenvalue weighted by molar-refractivity contribution is 0.583. The second-order valence-electron chi connectivity index (χ2n) is 3.08. The van der Waals surface area contributed by atoms with Crippen molar-refractivity contribution in [2.24, 2.45) is 0 Å². The summed E-state index contributed by atoms with van der Waals surface area (Å²) in [4.78, 5) is 0. The van der Waals surface area contributed by atoms with Crippen LogP contribution in [0.2, 0.25) is 0 Å². The minimum Gasteiger partial charge on any atom is -0.380 e. The van der Waals surface area contributed by atoms with Gasteiger partial charge in [-0.1, -0.05) is 6.92 Å².